The molecule has 0 spiro atoms. The van der Waals surface area contributed by atoms with Crippen LogP contribution >= 0.6 is 0 Å². The average molecular weight is 268 g/mol. The fraction of sp³-hybridized carbons (Fsp3) is 0.692. The second-order valence-electron chi connectivity index (χ2n) is 5.06. The maximum Gasteiger partial charge on any atom is 0.247 e. The first kappa shape index (κ1) is 14.0. The summed E-state index contributed by atoms with van der Waals surface area (Å²) in [4.78, 5) is 22.4. The number of nitrogens with one attached hydrogen (secondary N) is 1. The summed E-state index contributed by atoms with van der Waals surface area (Å²) in [5.74, 6) is -0.424. The maximum atomic E-state index is 11.8. The molecule has 0 aromatic rings. The Labute approximate surface area is 112 Å². The van der Waals surface area contributed by atoms with E-state index < -0.39 is 6.10 Å². The monoisotopic (exact) mass is 268 g/mol. The van der Waals surface area contributed by atoms with E-state index in [9.17, 15) is 14.7 Å². The van der Waals surface area contributed by atoms with Crippen LogP contribution in [0.3, 0.4) is 0 Å². The van der Waals surface area contributed by atoms with Crippen LogP contribution in [0, 0.1) is 0 Å². The van der Waals surface area contributed by atoms with Crippen molar-refractivity contribution >= 4 is 11.8 Å². The second kappa shape index (κ2) is 6.16. The molecule has 1 saturated heterocycles. The molecule has 19 heavy (non-hydrogen) atoms. The Bertz CT molecular complexity index is 394. The molecule has 0 radical (unpaired) electrons. The minimum absolute atomic E-state index is 0.0105. The Balaban J connectivity index is 1.61. The van der Waals surface area contributed by atoms with Gasteiger partial charge in [0.1, 0.15) is 12.2 Å². The largest absolute Gasteiger partial charge is 0.386 e. The highest BCUT2D eigenvalue weighted by Gasteiger charge is 2.47. The minimum atomic E-state index is -0.657. The third-order valence-electron chi connectivity index (χ3n) is 3.43. The number of ether oxygens (including phenoxy) is 1. The van der Waals surface area contributed by atoms with Gasteiger partial charge in [0.15, 0.2) is 0 Å². The number of epoxide rings is 1. The first-order valence-electron chi connectivity index (χ1n) is 6.68. The highest BCUT2D eigenvalue weighted by Crippen LogP contribution is 2.36. The number of unbranched alkanes of at least 4 members (excludes halogenated alkanes) is 2. The van der Waals surface area contributed by atoms with E-state index in [2.05, 4.69) is 5.32 Å². The molecule has 2 amide bonds. The van der Waals surface area contributed by atoms with Crippen molar-refractivity contribution in [3.8, 4) is 0 Å². The number of rotatable bonds is 7. The lowest BCUT2D eigenvalue weighted by atomic mass is 9.97. The van der Waals surface area contributed by atoms with Gasteiger partial charge < -0.3 is 20.9 Å². The topological polar surface area (TPSA) is 105 Å². The smallest absolute Gasteiger partial charge is 0.247 e. The van der Waals surface area contributed by atoms with Gasteiger partial charge in [0.2, 0.25) is 11.8 Å². The molecule has 1 aliphatic heterocycles. The number of nitrogens with two attached hydrogens (primary N) is 1. The van der Waals surface area contributed by atoms with Crippen molar-refractivity contribution in [3.63, 3.8) is 0 Å². The third kappa shape index (κ3) is 4.04. The molecule has 2 rings (SSSR count). The Morgan fingerprint density at radius 1 is 1.42 bits per heavy atom. The van der Waals surface area contributed by atoms with Crippen molar-refractivity contribution in [2.75, 3.05) is 6.54 Å². The number of aliphatic hydroxyl groups excluding tert-OH is 1. The van der Waals surface area contributed by atoms with Crippen LogP contribution in [0.15, 0.2) is 11.6 Å². The van der Waals surface area contributed by atoms with Gasteiger partial charge in [-0.25, -0.2) is 0 Å². The number of hydrogen-bond donors (Lipinski definition) is 3. The normalized spacial score (nSPS) is 28.3. The number of fused-ring (bicyclic) bond motifs is 1. The van der Waals surface area contributed by atoms with Crippen LogP contribution in [-0.4, -0.2) is 41.8 Å². The molecular weight excluding hydrogens is 248 g/mol. The van der Waals surface area contributed by atoms with Gasteiger partial charge in [-0.05, 0) is 18.9 Å². The maximum absolute atomic E-state index is 11.8. The zero-order valence-electron chi connectivity index (χ0n) is 10.8. The Morgan fingerprint density at radius 3 is 2.89 bits per heavy atom. The van der Waals surface area contributed by atoms with E-state index in [1.54, 1.807) is 6.08 Å². The van der Waals surface area contributed by atoms with Gasteiger partial charge in [-0.1, -0.05) is 6.42 Å². The van der Waals surface area contributed by atoms with Gasteiger partial charge in [-0.15, -0.1) is 0 Å². The van der Waals surface area contributed by atoms with E-state index in [1.165, 1.54) is 0 Å². The molecule has 2 aliphatic rings. The van der Waals surface area contributed by atoms with Gasteiger partial charge in [-0.2, -0.15) is 0 Å². The standard InChI is InChI=1S/C13H20N2O4/c14-11(17)4-2-1-3-5-15-13(18)8-6-9(16)12-10(7-8)19-12/h6,9-10,12,16H,1-5,7H2,(H2,14,17)(H,15,18)/t9-,10?,12?/m0/s1. The molecule has 6 nitrogen and oxygen atoms in total. The van der Waals surface area contributed by atoms with E-state index in [1.807, 2.05) is 0 Å². The number of carbonyl (C=O) groups is 2. The quantitative estimate of drug-likeness (QED) is 0.432. The summed E-state index contributed by atoms with van der Waals surface area (Å²) in [6.45, 7) is 0.569. The molecule has 0 aromatic heterocycles. The van der Waals surface area contributed by atoms with Crippen molar-refractivity contribution < 1.29 is 19.4 Å². The molecule has 1 fully saturated rings. The lowest BCUT2D eigenvalue weighted by Crippen LogP contribution is -2.30. The van der Waals surface area contributed by atoms with E-state index in [-0.39, 0.29) is 24.0 Å². The fourth-order valence-electron chi connectivity index (χ4n) is 2.29. The van der Waals surface area contributed by atoms with Crippen molar-refractivity contribution in [1.82, 2.24) is 5.32 Å². The van der Waals surface area contributed by atoms with Gasteiger partial charge in [0.05, 0.1) is 6.10 Å². The summed E-state index contributed by atoms with van der Waals surface area (Å²) in [5, 5.41) is 12.4. The summed E-state index contributed by atoms with van der Waals surface area (Å²) < 4.78 is 5.22. The highest BCUT2D eigenvalue weighted by atomic mass is 16.6. The Morgan fingerprint density at radius 2 is 2.21 bits per heavy atom. The lowest BCUT2D eigenvalue weighted by molar-refractivity contribution is -0.119. The second-order valence-corrected chi connectivity index (χ2v) is 5.06. The highest BCUT2D eigenvalue weighted by molar-refractivity contribution is 5.93. The predicted molar refractivity (Wildman–Crippen MR) is 68.0 cm³/mol. The van der Waals surface area contributed by atoms with E-state index in [0.717, 1.165) is 19.3 Å². The molecule has 0 saturated carbocycles. The van der Waals surface area contributed by atoms with Crippen molar-refractivity contribution in [2.45, 2.75) is 50.4 Å². The lowest BCUT2D eigenvalue weighted by Gasteiger charge is -2.13. The number of amides is 2. The van der Waals surface area contributed by atoms with Gasteiger partial charge in [0.25, 0.3) is 0 Å². The molecule has 106 valence electrons. The number of hydrogen-bond acceptors (Lipinski definition) is 4. The van der Waals surface area contributed by atoms with Crippen molar-refractivity contribution in [2.24, 2.45) is 5.73 Å². The zero-order valence-corrected chi connectivity index (χ0v) is 10.8. The number of aliphatic hydroxyl groups is 1. The first-order chi connectivity index (χ1) is 9.08. The van der Waals surface area contributed by atoms with Gasteiger partial charge >= 0.3 is 0 Å². The van der Waals surface area contributed by atoms with Crippen LogP contribution in [0.2, 0.25) is 0 Å². The molecule has 2 unspecified atom stereocenters. The molecular formula is C13H20N2O4. The summed E-state index contributed by atoms with van der Waals surface area (Å²) in [6.07, 6.45) is 4.23. The van der Waals surface area contributed by atoms with E-state index in [0.29, 0.717) is 25.0 Å². The third-order valence-corrected chi connectivity index (χ3v) is 3.43. The number of carbonyl (C=O) groups excluding carboxylic acids is 2. The molecule has 0 aromatic carbocycles. The molecule has 4 N–H and O–H groups in total. The first-order valence-corrected chi connectivity index (χ1v) is 6.68. The Hall–Kier alpha value is -1.40. The van der Waals surface area contributed by atoms with Crippen molar-refractivity contribution in [3.05, 3.63) is 11.6 Å². The predicted octanol–water partition coefficient (Wildman–Crippen LogP) is -0.393. The van der Waals surface area contributed by atoms with E-state index >= 15 is 0 Å². The number of primary amides is 1. The summed E-state index contributed by atoms with van der Waals surface area (Å²) in [7, 11) is 0. The molecule has 1 heterocycles. The van der Waals surface area contributed by atoms with E-state index in [4.69, 9.17) is 10.5 Å². The van der Waals surface area contributed by atoms with Crippen LogP contribution < -0.4 is 11.1 Å². The average Bonchev–Trinajstić information content (AvgIpc) is 3.12. The molecule has 0 bridgehead atoms. The fourth-order valence-corrected chi connectivity index (χ4v) is 2.29. The molecule has 3 atom stereocenters. The van der Waals surface area contributed by atoms with Gasteiger partial charge in [0, 0.05) is 25.0 Å². The summed E-state index contributed by atoms with van der Waals surface area (Å²) >= 11 is 0. The van der Waals surface area contributed by atoms with Gasteiger partial charge in [-0.3, -0.25) is 9.59 Å². The van der Waals surface area contributed by atoms with Crippen LogP contribution in [0.1, 0.15) is 32.1 Å². The summed E-state index contributed by atoms with van der Waals surface area (Å²) in [6, 6.07) is 0. The zero-order chi connectivity index (χ0) is 13.8. The molecule has 1 aliphatic carbocycles. The van der Waals surface area contributed by atoms with Crippen LogP contribution in [-0.2, 0) is 14.3 Å². The molecule has 6 heteroatoms. The van der Waals surface area contributed by atoms with Crippen LogP contribution in [0.25, 0.3) is 0 Å². The SMILES string of the molecule is NC(=O)CCCCCNC(=O)C1=C[C@H](O)C2OC2C1. The van der Waals surface area contributed by atoms with Crippen LogP contribution in [0.5, 0.6) is 0 Å². The van der Waals surface area contributed by atoms with Crippen molar-refractivity contribution in [1.29, 1.82) is 0 Å². The van der Waals surface area contributed by atoms with Crippen LogP contribution in [0.4, 0.5) is 0 Å². The minimum Gasteiger partial charge on any atom is -0.386 e. The Kier molecular flexibility index (Phi) is 4.55. The summed E-state index contributed by atoms with van der Waals surface area (Å²) in [5.41, 5.74) is 5.63.